The van der Waals surface area contributed by atoms with E-state index in [1.165, 1.54) is 18.0 Å². The molecule has 0 heterocycles. The molecule has 0 bridgehead atoms. The second-order valence-electron chi connectivity index (χ2n) is 4.70. The van der Waals surface area contributed by atoms with E-state index in [2.05, 4.69) is 4.99 Å². The van der Waals surface area contributed by atoms with Crippen molar-refractivity contribution in [2.75, 3.05) is 12.5 Å². The van der Waals surface area contributed by atoms with Crippen molar-refractivity contribution in [3.8, 4) is 0 Å². The topological polar surface area (TPSA) is 63.6 Å². The summed E-state index contributed by atoms with van der Waals surface area (Å²) in [6.45, 7) is 0. The molecule has 0 amide bonds. The van der Waals surface area contributed by atoms with Crippen LogP contribution in [0.15, 0.2) is 33.0 Å². The van der Waals surface area contributed by atoms with Gasteiger partial charge in [-0.1, -0.05) is 12.1 Å². The second kappa shape index (κ2) is 5.12. The van der Waals surface area contributed by atoms with Gasteiger partial charge in [0.25, 0.3) is 0 Å². The monoisotopic (exact) mass is 297 g/mol. The maximum atomic E-state index is 11.8. The Morgan fingerprint density at radius 3 is 2.47 bits per heavy atom. The molecule has 6 heteroatoms. The third kappa shape index (κ3) is 2.48. The Labute approximate surface area is 117 Å². The fourth-order valence-corrected chi connectivity index (χ4v) is 4.65. The molecule has 0 unspecified atom stereocenters. The first-order valence-electron chi connectivity index (χ1n) is 5.91. The molecule has 0 saturated heterocycles. The van der Waals surface area contributed by atoms with Crippen molar-refractivity contribution in [1.82, 2.24) is 0 Å². The third-order valence-electron chi connectivity index (χ3n) is 3.52. The van der Waals surface area contributed by atoms with Crippen molar-refractivity contribution < 1.29 is 13.2 Å². The molecule has 1 saturated carbocycles. The largest absolute Gasteiger partial charge is 0.235 e. The Morgan fingerprint density at radius 1 is 1.37 bits per heavy atom. The summed E-state index contributed by atoms with van der Waals surface area (Å²) in [7, 11) is -3.29. The minimum atomic E-state index is -3.29. The molecule has 0 N–H and O–H groups in total. The molecule has 0 radical (unpaired) electrons. The number of thioether (sulfide) groups is 1. The predicted molar refractivity (Wildman–Crippen MR) is 75.0 cm³/mol. The fraction of sp³-hybridized carbons (Fsp3) is 0.462. The van der Waals surface area contributed by atoms with E-state index in [0.29, 0.717) is 9.79 Å². The summed E-state index contributed by atoms with van der Waals surface area (Å²) in [5.41, 5.74) is 0.262. The number of nitrogens with zero attached hydrogens (tertiary/aromatic N) is 1. The van der Waals surface area contributed by atoms with E-state index >= 15 is 0 Å². The molecule has 19 heavy (non-hydrogen) atoms. The zero-order valence-electron chi connectivity index (χ0n) is 10.8. The van der Waals surface area contributed by atoms with Crippen LogP contribution >= 0.6 is 11.8 Å². The third-order valence-corrected chi connectivity index (χ3v) is 5.64. The Kier molecular flexibility index (Phi) is 3.85. The quantitative estimate of drug-likeness (QED) is 0.487. The summed E-state index contributed by atoms with van der Waals surface area (Å²) < 4.78 is 23.7. The molecule has 1 aromatic carbocycles. The minimum absolute atomic E-state index is 0.310. The summed E-state index contributed by atoms with van der Waals surface area (Å²) >= 11 is 1.38. The maximum Gasteiger partial charge on any atom is 0.235 e. The van der Waals surface area contributed by atoms with Crippen LogP contribution in [0.25, 0.3) is 0 Å². The highest BCUT2D eigenvalue weighted by Crippen LogP contribution is 2.48. The normalized spacial score (nSPS) is 17.4. The number of isocyanates is 1. The van der Waals surface area contributed by atoms with Crippen molar-refractivity contribution in [3.05, 3.63) is 23.8 Å². The number of hydrogen-bond donors (Lipinski definition) is 0. The minimum Gasteiger partial charge on any atom is -0.224 e. The summed E-state index contributed by atoms with van der Waals surface area (Å²) in [5.74, 6) is 0. The van der Waals surface area contributed by atoms with Gasteiger partial charge in [-0.15, -0.1) is 11.8 Å². The first-order chi connectivity index (χ1) is 8.94. The van der Waals surface area contributed by atoms with Crippen molar-refractivity contribution in [2.45, 2.75) is 34.6 Å². The molecule has 1 aromatic rings. The Bertz CT molecular complexity index is 642. The van der Waals surface area contributed by atoms with Gasteiger partial charge in [-0.25, -0.2) is 13.2 Å². The lowest BCUT2D eigenvalue weighted by molar-refractivity contribution is 0.251. The lowest BCUT2D eigenvalue weighted by atomic mass is 9.72. The second-order valence-corrected chi connectivity index (χ2v) is 7.50. The Morgan fingerprint density at radius 2 is 2.05 bits per heavy atom. The van der Waals surface area contributed by atoms with Gasteiger partial charge >= 0.3 is 0 Å². The van der Waals surface area contributed by atoms with E-state index in [4.69, 9.17) is 0 Å². The van der Waals surface area contributed by atoms with E-state index in [9.17, 15) is 13.2 Å². The van der Waals surface area contributed by atoms with Gasteiger partial charge in [-0.3, -0.25) is 0 Å². The molecule has 2 rings (SSSR count). The molecule has 1 fully saturated rings. The summed E-state index contributed by atoms with van der Waals surface area (Å²) in [5, 5.41) is 0. The lowest BCUT2D eigenvalue weighted by Crippen LogP contribution is -2.32. The van der Waals surface area contributed by atoms with Crippen molar-refractivity contribution >= 4 is 27.7 Å². The van der Waals surface area contributed by atoms with Gasteiger partial charge in [-0.2, -0.15) is 4.99 Å². The highest BCUT2D eigenvalue weighted by molar-refractivity contribution is 7.99. The fourth-order valence-electron chi connectivity index (χ4n) is 2.43. The van der Waals surface area contributed by atoms with E-state index in [1.807, 2.05) is 12.3 Å². The van der Waals surface area contributed by atoms with Crippen molar-refractivity contribution in [1.29, 1.82) is 0 Å². The molecule has 0 aliphatic heterocycles. The Hall–Kier alpha value is -1.10. The highest BCUT2D eigenvalue weighted by atomic mass is 32.2. The van der Waals surface area contributed by atoms with Crippen LogP contribution in [0, 0.1) is 0 Å². The van der Waals surface area contributed by atoms with Gasteiger partial charge in [0.05, 0.1) is 10.4 Å². The maximum absolute atomic E-state index is 11.8. The van der Waals surface area contributed by atoms with Crippen LogP contribution in [0.4, 0.5) is 0 Å². The van der Waals surface area contributed by atoms with Crippen LogP contribution < -0.4 is 0 Å². The molecule has 0 spiro atoms. The molecule has 1 aliphatic carbocycles. The number of hydrogen-bond acceptors (Lipinski definition) is 5. The SMILES string of the molecule is CSc1c(C2(N=C=O)CCC2)cccc1S(C)(=O)=O. The molecule has 102 valence electrons. The van der Waals surface area contributed by atoms with Gasteiger partial charge in [0.1, 0.15) is 0 Å². The summed E-state index contributed by atoms with van der Waals surface area (Å²) in [4.78, 5) is 15.6. The van der Waals surface area contributed by atoms with E-state index in [1.54, 1.807) is 18.2 Å². The smallest absolute Gasteiger partial charge is 0.224 e. The molecular formula is C13H15NO3S2. The van der Waals surface area contributed by atoms with Crippen LogP contribution in [-0.2, 0) is 20.2 Å². The van der Waals surface area contributed by atoms with Gasteiger partial charge < -0.3 is 0 Å². The van der Waals surface area contributed by atoms with Crippen LogP contribution in [0.1, 0.15) is 24.8 Å². The molecule has 0 aromatic heterocycles. The molecular weight excluding hydrogens is 282 g/mol. The summed E-state index contributed by atoms with van der Waals surface area (Å²) in [6.07, 6.45) is 7.19. The van der Waals surface area contributed by atoms with Gasteiger partial charge in [-0.05, 0) is 37.1 Å². The van der Waals surface area contributed by atoms with Crippen molar-refractivity contribution in [2.24, 2.45) is 4.99 Å². The average Bonchev–Trinajstić information content (AvgIpc) is 2.31. The number of benzene rings is 1. The van der Waals surface area contributed by atoms with Gasteiger partial charge in [0.2, 0.25) is 6.08 Å². The predicted octanol–water partition coefficient (Wildman–Crippen LogP) is 2.53. The van der Waals surface area contributed by atoms with E-state index in [-0.39, 0.29) is 0 Å². The number of sulfone groups is 1. The number of carbonyl (C=O) groups excluding carboxylic acids is 1. The first kappa shape index (κ1) is 14.3. The standard InChI is InChI=1S/C13H15NO3S2/c1-18-12-10(13(14-9-15)7-4-8-13)5-3-6-11(12)19(2,16)17/h3,5-6H,4,7-8H2,1-2H3. The average molecular weight is 297 g/mol. The lowest BCUT2D eigenvalue weighted by Gasteiger charge is -2.38. The molecule has 4 nitrogen and oxygen atoms in total. The number of aliphatic imine (C=N–C) groups is 1. The van der Waals surface area contributed by atoms with Crippen molar-refractivity contribution in [3.63, 3.8) is 0 Å². The zero-order valence-corrected chi connectivity index (χ0v) is 12.5. The number of rotatable bonds is 4. The van der Waals surface area contributed by atoms with Crippen LogP contribution in [0.2, 0.25) is 0 Å². The first-order valence-corrected chi connectivity index (χ1v) is 9.03. The van der Waals surface area contributed by atoms with E-state index < -0.39 is 15.4 Å². The highest BCUT2D eigenvalue weighted by Gasteiger charge is 2.41. The van der Waals surface area contributed by atoms with Crippen LogP contribution in [0.5, 0.6) is 0 Å². The van der Waals surface area contributed by atoms with Gasteiger partial charge in [0, 0.05) is 11.2 Å². The van der Waals surface area contributed by atoms with Crippen LogP contribution in [0.3, 0.4) is 0 Å². The Balaban J connectivity index is 2.68. The zero-order chi connectivity index (χ0) is 14.1. The summed E-state index contributed by atoms with van der Waals surface area (Å²) in [6, 6.07) is 5.17. The van der Waals surface area contributed by atoms with Crippen LogP contribution in [-0.4, -0.2) is 27.0 Å². The molecule has 1 aliphatic rings. The van der Waals surface area contributed by atoms with Gasteiger partial charge in [0.15, 0.2) is 9.84 Å². The van der Waals surface area contributed by atoms with E-state index in [0.717, 1.165) is 24.8 Å². The molecule has 0 atom stereocenters.